The van der Waals surface area contributed by atoms with Gasteiger partial charge in [-0.25, -0.2) is 4.99 Å². The van der Waals surface area contributed by atoms with Gasteiger partial charge in [-0.1, -0.05) is 18.2 Å². The first-order valence-corrected chi connectivity index (χ1v) is 8.39. The van der Waals surface area contributed by atoms with Crippen molar-refractivity contribution < 1.29 is 13.6 Å². The molecule has 1 rings (SSSR count). The number of hydrogen-bond donors (Lipinski definition) is 0. The van der Waals surface area contributed by atoms with Gasteiger partial charge >= 0.3 is 7.60 Å². The Morgan fingerprint density at radius 3 is 2.15 bits per heavy atom. The molecule has 0 saturated carbocycles. The molecule has 0 N–H and O–H groups in total. The van der Waals surface area contributed by atoms with Gasteiger partial charge in [0, 0.05) is 27.3 Å². The van der Waals surface area contributed by atoms with Crippen molar-refractivity contribution >= 4 is 19.1 Å². The predicted molar refractivity (Wildman–Crippen MR) is 82.9 cm³/mol. The van der Waals surface area contributed by atoms with Gasteiger partial charge in [0.25, 0.3) is 0 Å². The van der Waals surface area contributed by atoms with E-state index in [4.69, 9.17) is 9.05 Å². The fourth-order valence-corrected chi connectivity index (χ4v) is 2.85. The predicted octanol–water partition coefficient (Wildman–Crippen LogP) is 3.54. The van der Waals surface area contributed by atoms with E-state index >= 15 is 0 Å². The van der Waals surface area contributed by atoms with Crippen molar-refractivity contribution in [2.75, 3.05) is 33.5 Å². The third-order valence-corrected chi connectivity index (χ3v) is 4.82. The van der Waals surface area contributed by atoms with E-state index in [1.165, 1.54) is 14.2 Å². The molecule has 0 aliphatic heterocycles. The van der Waals surface area contributed by atoms with Crippen LogP contribution in [-0.2, 0) is 13.6 Å². The smallest absolute Gasteiger partial charge is 0.337 e. The average molecular weight is 298 g/mol. The second-order valence-electron chi connectivity index (χ2n) is 4.17. The third-order valence-electron chi connectivity index (χ3n) is 3.03. The second-order valence-corrected chi connectivity index (χ2v) is 6.44. The molecule has 0 spiro atoms. The Hall–Kier alpha value is -1.16. The molecule has 0 aliphatic rings. The fraction of sp³-hybridized carbons (Fsp3) is 0.500. The number of aliphatic imine (C=N–C) groups is 1. The molecular weight excluding hydrogens is 275 g/mol. The van der Waals surface area contributed by atoms with Crippen LogP contribution in [-0.4, -0.2) is 44.2 Å². The minimum Gasteiger partial charge on any atom is -0.360 e. The number of amidine groups is 1. The van der Waals surface area contributed by atoms with Crippen molar-refractivity contribution in [1.29, 1.82) is 0 Å². The summed E-state index contributed by atoms with van der Waals surface area (Å²) < 4.78 is 22.4. The molecule has 0 radical (unpaired) electrons. The maximum atomic E-state index is 12.3. The monoisotopic (exact) mass is 298 g/mol. The molecule has 0 aromatic heterocycles. The van der Waals surface area contributed by atoms with Crippen LogP contribution in [0.5, 0.6) is 0 Å². The summed E-state index contributed by atoms with van der Waals surface area (Å²) in [5, 5.41) is 0. The van der Waals surface area contributed by atoms with E-state index in [-0.39, 0.29) is 6.16 Å². The van der Waals surface area contributed by atoms with Crippen molar-refractivity contribution in [1.82, 2.24) is 4.90 Å². The average Bonchev–Trinajstić information content (AvgIpc) is 2.49. The highest BCUT2D eigenvalue weighted by Gasteiger charge is 2.26. The van der Waals surface area contributed by atoms with Crippen molar-refractivity contribution in [2.24, 2.45) is 4.99 Å². The summed E-state index contributed by atoms with van der Waals surface area (Å²) in [4.78, 5) is 6.65. The van der Waals surface area contributed by atoms with E-state index in [1.807, 2.05) is 44.2 Å². The fourth-order valence-electron chi connectivity index (χ4n) is 1.82. The zero-order valence-corrected chi connectivity index (χ0v) is 13.5. The Bertz CT molecular complexity index is 465. The van der Waals surface area contributed by atoms with Gasteiger partial charge in [-0.15, -0.1) is 0 Å². The molecule has 0 bridgehead atoms. The molecule has 1 aromatic rings. The van der Waals surface area contributed by atoms with Gasteiger partial charge in [0.2, 0.25) is 0 Å². The first-order valence-electron chi connectivity index (χ1n) is 6.66. The minimum absolute atomic E-state index is 0.163. The molecule has 112 valence electrons. The number of hydrogen-bond acceptors (Lipinski definition) is 4. The van der Waals surface area contributed by atoms with Crippen LogP contribution in [0.1, 0.15) is 13.8 Å². The van der Waals surface area contributed by atoms with Crippen LogP contribution in [0.3, 0.4) is 0 Å². The standard InChI is InChI=1S/C14H23N2O3P/c1-5-16(6-2)14(12-20(17,18-3)19-4)15-13-10-8-7-9-11-13/h7-11H,5-6,12H2,1-4H3. The van der Waals surface area contributed by atoms with Crippen LogP contribution in [0.4, 0.5) is 5.69 Å². The zero-order valence-electron chi connectivity index (χ0n) is 12.6. The van der Waals surface area contributed by atoms with Gasteiger partial charge < -0.3 is 13.9 Å². The topological polar surface area (TPSA) is 51.1 Å². The Kier molecular flexibility index (Phi) is 6.93. The van der Waals surface area contributed by atoms with Gasteiger partial charge in [0.1, 0.15) is 12.0 Å². The zero-order chi connectivity index (χ0) is 15.0. The number of rotatable bonds is 7. The SMILES string of the molecule is CCN(CC)C(CP(=O)(OC)OC)=Nc1ccccc1. The highest BCUT2D eigenvalue weighted by molar-refractivity contribution is 7.54. The normalized spacial score (nSPS) is 12.5. The van der Waals surface area contributed by atoms with E-state index in [1.54, 1.807) is 0 Å². The van der Waals surface area contributed by atoms with Gasteiger partial charge in [0.15, 0.2) is 0 Å². The van der Waals surface area contributed by atoms with E-state index in [0.29, 0.717) is 5.84 Å². The van der Waals surface area contributed by atoms with E-state index in [9.17, 15) is 4.57 Å². The highest BCUT2D eigenvalue weighted by atomic mass is 31.2. The number of nitrogens with zero attached hydrogens (tertiary/aromatic N) is 2. The van der Waals surface area contributed by atoms with Crippen molar-refractivity contribution in [3.8, 4) is 0 Å². The second kappa shape index (κ2) is 8.20. The van der Waals surface area contributed by atoms with Crippen LogP contribution < -0.4 is 0 Å². The quantitative estimate of drug-likeness (QED) is 0.439. The lowest BCUT2D eigenvalue weighted by molar-refractivity contribution is 0.278. The first kappa shape index (κ1) is 16.9. The molecule has 0 aliphatic carbocycles. The Balaban J connectivity index is 3.09. The van der Waals surface area contributed by atoms with E-state index < -0.39 is 7.60 Å². The van der Waals surface area contributed by atoms with Crippen LogP contribution in [0, 0.1) is 0 Å². The maximum Gasteiger partial charge on any atom is 0.337 e. The summed E-state index contributed by atoms with van der Waals surface area (Å²) in [7, 11) is -0.336. The molecule has 20 heavy (non-hydrogen) atoms. The van der Waals surface area contributed by atoms with Crippen molar-refractivity contribution in [3.63, 3.8) is 0 Å². The Morgan fingerprint density at radius 1 is 1.15 bits per heavy atom. The molecule has 1 aromatic carbocycles. The summed E-state index contributed by atoms with van der Waals surface area (Å²) in [5.41, 5.74) is 0.827. The van der Waals surface area contributed by atoms with Crippen LogP contribution in [0.15, 0.2) is 35.3 Å². The lowest BCUT2D eigenvalue weighted by Gasteiger charge is -2.25. The van der Waals surface area contributed by atoms with E-state index in [2.05, 4.69) is 9.89 Å². The molecule has 0 heterocycles. The summed E-state index contributed by atoms with van der Waals surface area (Å²) in [5.74, 6) is 0.716. The van der Waals surface area contributed by atoms with Gasteiger partial charge in [0.05, 0.1) is 5.69 Å². The molecule has 0 unspecified atom stereocenters. The molecule has 0 amide bonds. The number of benzene rings is 1. The molecule has 0 saturated heterocycles. The first-order chi connectivity index (χ1) is 9.58. The molecule has 5 nitrogen and oxygen atoms in total. The van der Waals surface area contributed by atoms with Crippen LogP contribution in [0.2, 0.25) is 0 Å². The van der Waals surface area contributed by atoms with Crippen LogP contribution >= 0.6 is 7.60 Å². The number of para-hydroxylation sites is 1. The van der Waals surface area contributed by atoms with E-state index in [0.717, 1.165) is 18.8 Å². The summed E-state index contributed by atoms with van der Waals surface area (Å²) >= 11 is 0. The van der Waals surface area contributed by atoms with Crippen LogP contribution in [0.25, 0.3) is 0 Å². The molecular formula is C14H23N2O3P. The molecule has 0 atom stereocenters. The third kappa shape index (κ3) is 4.75. The summed E-state index contributed by atoms with van der Waals surface area (Å²) in [6, 6.07) is 9.60. The maximum absolute atomic E-state index is 12.3. The summed E-state index contributed by atoms with van der Waals surface area (Å²) in [6.45, 7) is 5.65. The van der Waals surface area contributed by atoms with Crippen molar-refractivity contribution in [3.05, 3.63) is 30.3 Å². The molecule has 0 fully saturated rings. The minimum atomic E-state index is -3.13. The van der Waals surface area contributed by atoms with Gasteiger partial charge in [-0.2, -0.15) is 0 Å². The van der Waals surface area contributed by atoms with Crippen molar-refractivity contribution in [2.45, 2.75) is 13.8 Å². The van der Waals surface area contributed by atoms with Gasteiger partial charge in [-0.3, -0.25) is 4.57 Å². The lowest BCUT2D eigenvalue weighted by Crippen LogP contribution is -2.33. The Labute approximate surface area is 121 Å². The molecule has 6 heteroatoms. The Morgan fingerprint density at radius 2 is 1.70 bits per heavy atom. The summed E-state index contributed by atoms with van der Waals surface area (Å²) in [6.07, 6.45) is 0.163. The largest absolute Gasteiger partial charge is 0.360 e. The highest BCUT2D eigenvalue weighted by Crippen LogP contribution is 2.46. The van der Waals surface area contributed by atoms with Gasteiger partial charge in [-0.05, 0) is 26.0 Å². The lowest BCUT2D eigenvalue weighted by atomic mass is 10.3.